The smallest absolute Gasteiger partial charge is 0.161 e. The van der Waals surface area contributed by atoms with Crippen LogP contribution in [0.3, 0.4) is 0 Å². The van der Waals surface area contributed by atoms with Crippen LogP contribution in [-0.4, -0.2) is 18.8 Å². The Labute approximate surface area is 97.2 Å². The molecule has 0 aliphatic rings. The van der Waals surface area contributed by atoms with Crippen LogP contribution in [0.1, 0.15) is 37.3 Å². The molecule has 16 heavy (non-hydrogen) atoms. The molecular weight excluding hydrogens is 202 g/mol. The molecule has 0 aromatic heterocycles. The van der Waals surface area contributed by atoms with Crippen molar-refractivity contribution in [3.8, 4) is 11.5 Å². The van der Waals surface area contributed by atoms with Gasteiger partial charge in [0, 0.05) is 5.56 Å². The van der Waals surface area contributed by atoms with Gasteiger partial charge in [-0.3, -0.25) is 0 Å². The molecule has 1 atom stereocenters. The topological polar surface area (TPSA) is 55.5 Å². The summed E-state index contributed by atoms with van der Waals surface area (Å²) in [6.45, 7) is 4.79. The molecule has 1 rings (SSSR count). The second-order valence-corrected chi connectivity index (χ2v) is 4.02. The highest BCUT2D eigenvalue weighted by Crippen LogP contribution is 2.38. The molecule has 3 nitrogen and oxygen atoms in total. The van der Waals surface area contributed by atoms with Gasteiger partial charge in [-0.05, 0) is 36.9 Å². The molecule has 0 fully saturated rings. The predicted molar refractivity (Wildman–Crippen MR) is 66.1 cm³/mol. The maximum absolute atomic E-state index is 10.1. The second-order valence-electron chi connectivity index (χ2n) is 4.02. The third-order valence-electron chi connectivity index (χ3n) is 2.96. The first-order valence-corrected chi connectivity index (χ1v) is 5.74. The van der Waals surface area contributed by atoms with E-state index in [1.54, 1.807) is 7.11 Å². The molecule has 0 aliphatic carbocycles. The van der Waals surface area contributed by atoms with Crippen molar-refractivity contribution in [1.82, 2.24) is 0 Å². The summed E-state index contributed by atoms with van der Waals surface area (Å²) in [7, 11) is 1.57. The number of aromatic hydroxyl groups is 1. The summed E-state index contributed by atoms with van der Waals surface area (Å²) >= 11 is 0. The van der Waals surface area contributed by atoms with Crippen LogP contribution in [0.5, 0.6) is 11.5 Å². The van der Waals surface area contributed by atoms with Gasteiger partial charge in [0.05, 0.1) is 7.11 Å². The number of benzene rings is 1. The first-order valence-electron chi connectivity index (χ1n) is 5.74. The zero-order valence-corrected chi connectivity index (χ0v) is 10.3. The van der Waals surface area contributed by atoms with Crippen LogP contribution in [0.2, 0.25) is 0 Å². The van der Waals surface area contributed by atoms with Gasteiger partial charge >= 0.3 is 0 Å². The Hall–Kier alpha value is -1.22. The van der Waals surface area contributed by atoms with Crippen molar-refractivity contribution < 1.29 is 9.84 Å². The molecule has 0 aliphatic heterocycles. The Morgan fingerprint density at radius 3 is 2.62 bits per heavy atom. The highest BCUT2D eigenvalue weighted by atomic mass is 16.5. The molecule has 90 valence electrons. The van der Waals surface area contributed by atoms with Crippen LogP contribution in [-0.2, 0) is 6.42 Å². The molecule has 0 heterocycles. The van der Waals surface area contributed by atoms with E-state index < -0.39 is 0 Å². The van der Waals surface area contributed by atoms with Crippen molar-refractivity contribution in [2.45, 2.75) is 32.6 Å². The Bertz CT molecular complexity index is 350. The third kappa shape index (κ3) is 2.47. The van der Waals surface area contributed by atoms with E-state index in [2.05, 4.69) is 13.8 Å². The normalized spacial score (nSPS) is 12.5. The third-order valence-corrected chi connectivity index (χ3v) is 2.96. The predicted octanol–water partition coefficient (Wildman–Crippen LogP) is 2.42. The van der Waals surface area contributed by atoms with Gasteiger partial charge in [-0.2, -0.15) is 0 Å². The zero-order chi connectivity index (χ0) is 12.1. The molecule has 0 saturated heterocycles. The van der Waals surface area contributed by atoms with Crippen LogP contribution in [0.25, 0.3) is 0 Å². The van der Waals surface area contributed by atoms with Crippen LogP contribution >= 0.6 is 0 Å². The lowest BCUT2D eigenvalue weighted by Gasteiger charge is -2.18. The van der Waals surface area contributed by atoms with Crippen molar-refractivity contribution in [3.63, 3.8) is 0 Å². The maximum Gasteiger partial charge on any atom is 0.161 e. The highest BCUT2D eigenvalue weighted by Gasteiger charge is 2.17. The Morgan fingerprint density at radius 1 is 1.44 bits per heavy atom. The second kappa shape index (κ2) is 5.75. The fraction of sp³-hybridized carbons (Fsp3) is 0.538. The molecule has 3 N–H and O–H groups in total. The van der Waals surface area contributed by atoms with Gasteiger partial charge in [0.25, 0.3) is 0 Å². The van der Waals surface area contributed by atoms with Crippen molar-refractivity contribution in [1.29, 1.82) is 0 Å². The van der Waals surface area contributed by atoms with Gasteiger partial charge in [-0.15, -0.1) is 0 Å². The van der Waals surface area contributed by atoms with Crippen LogP contribution in [0.15, 0.2) is 12.1 Å². The molecule has 3 heteroatoms. The van der Waals surface area contributed by atoms with Crippen molar-refractivity contribution in [3.05, 3.63) is 23.3 Å². The first-order chi connectivity index (χ1) is 7.65. The van der Waals surface area contributed by atoms with Crippen molar-refractivity contribution >= 4 is 0 Å². The van der Waals surface area contributed by atoms with E-state index in [1.807, 2.05) is 12.1 Å². The number of nitrogens with two attached hydrogens (primary N) is 1. The lowest BCUT2D eigenvalue weighted by atomic mass is 9.90. The number of phenols is 1. The first kappa shape index (κ1) is 12.8. The van der Waals surface area contributed by atoms with Gasteiger partial charge < -0.3 is 15.6 Å². The summed E-state index contributed by atoms with van der Waals surface area (Å²) in [5.74, 6) is 1.06. The molecule has 0 bridgehead atoms. The zero-order valence-electron chi connectivity index (χ0n) is 10.3. The number of ether oxygens (including phenoxy) is 1. The summed E-state index contributed by atoms with van der Waals surface area (Å²) in [6.07, 6.45) is 1.77. The number of aryl methyl sites for hydroxylation is 1. The molecule has 1 aromatic rings. The molecule has 1 unspecified atom stereocenters. The SMILES string of the molecule is CCc1ccc(OC)c(O)c1C(C)CCN. The molecule has 0 amide bonds. The minimum atomic E-state index is 0.259. The average Bonchev–Trinajstić information content (AvgIpc) is 2.28. The number of phenolic OH excluding ortho intramolecular Hbond substituents is 1. The summed E-state index contributed by atoms with van der Waals surface area (Å²) in [6, 6.07) is 3.83. The van der Waals surface area contributed by atoms with E-state index in [4.69, 9.17) is 10.5 Å². The van der Waals surface area contributed by atoms with E-state index in [0.717, 1.165) is 18.4 Å². The average molecular weight is 223 g/mol. The molecule has 0 spiro atoms. The van der Waals surface area contributed by atoms with Gasteiger partial charge in [0.1, 0.15) is 0 Å². The Balaban J connectivity index is 3.20. The fourth-order valence-corrected chi connectivity index (χ4v) is 2.05. The monoisotopic (exact) mass is 223 g/mol. The van der Waals surface area contributed by atoms with E-state index in [0.29, 0.717) is 12.3 Å². The largest absolute Gasteiger partial charge is 0.504 e. The van der Waals surface area contributed by atoms with Crippen molar-refractivity contribution in [2.75, 3.05) is 13.7 Å². The molecule has 1 aromatic carbocycles. The number of hydrogen-bond donors (Lipinski definition) is 2. The Kier molecular flexibility index (Phi) is 4.62. The minimum Gasteiger partial charge on any atom is -0.504 e. The summed E-state index contributed by atoms with van der Waals surface area (Å²) in [4.78, 5) is 0. The van der Waals surface area contributed by atoms with E-state index in [-0.39, 0.29) is 11.7 Å². The van der Waals surface area contributed by atoms with Gasteiger partial charge in [-0.25, -0.2) is 0 Å². The van der Waals surface area contributed by atoms with E-state index in [1.165, 1.54) is 5.56 Å². The maximum atomic E-state index is 10.1. The quantitative estimate of drug-likeness (QED) is 0.806. The van der Waals surface area contributed by atoms with Crippen LogP contribution in [0, 0.1) is 0 Å². The van der Waals surface area contributed by atoms with E-state index >= 15 is 0 Å². The van der Waals surface area contributed by atoms with Crippen LogP contribution in [0.4, 0.5) is 0 Å². The Morgan fingerprint density at radius 2 is 2.12 bits per heavy atom. The summed E-state index contributed by atoms with van der Waals surface area (Å²) < 4.78 is 5.13. The molecular formula is C13H21NO2. The van der Waals surface area contributed by atoms with Crippen molar-refractivity contribution in [2.24, 2.45) is 5.73 Å². The summed E-state index contributed by atoms with van der Waals surface area (Å²) in [5.41, 5.74) is 7.71. The minimum absolute atomic E-state index is 0.259. The van der Waals surface area contributed by atoms with Crippen LogP contribution < -0.4 is 10.5 Å². The van der Waals surface area contributed by atoms with E-state index in [9.17, 15) is 5.11 Å². The standard InChI is InChI=1S/C13H21NO2/c1-4-10-5-6-11(16-3)13(15)12(10)9(2)7-8-14/h5-6,9,15H,4,7-8,14H2,1-3H3. The summed E-state index contributed by atoms with van der Waals surface area (Å²) in [5, 5.41) is 10.1. The molecule has 0 saturated carbocycles. The van der Waals surface area contributed by atoms with Gasteiger partial charge in [0.2, 0.25) is 0 Å². The van der Waals surface area contributed by atoms with Gasteiger partial charge in [-0.1, -0.05) is 19.9 Å². The highest BCUT2D eigenvalue weighted by molar-refractivity contribution is 5.51. The number of methoxy groups -OCH3 is 1. The lowest BCUT2D eigenvalue weighted by Crippen LogP contribution is -2.07. The fourth-order valence-electron chi connectivity index (χ4n) is 2.05. The van der Waals surface area contributed by atoms with Gasteiger partial charge in [0.15, 0.2) is 11.5 Å². The number of hydrogen-bond acceptors (Lipinski definition) is 3. The number of rotatable bonds is 5. The molecule has 0 radical (unpaired) electrons. The lowest BCUT2D eigenvalue weighted by molar-refractivity contribution is 0.368.